The number of nitrogens with one attached hydrogen (secondary N) is 1. The summed E-state index contributed by atoms with van der Waals surface area (Å²) < 4.78 is 0. The van der Waals surface area contributed by atoms with E-state index in [0.717, 1.165) is 11.8 Å². The third kappa shape index (κ3) is 3.76. The highest BCUT2D eigenvalue weighted by atomic mass is 32.2. The van der Waals surface area contributed by atoms with Gasteiger partial charge >= 0.3 is 0 Å². The fourth-order valence-corrected chi connectivity index (χ4v) is 3.75. The minimum absolute atomic E-state index is 0.540. The maximum Gasteiger partial charge on any atom is 0.0333 e. The van der Waals surface area contributed by atoms with E-state index in [2.05, 4.69) is 63.0 Å². The first-order chi connectivity index (χ1) is 9.11. The van der Waals surface area contributed by atoms with Crippen molar-refractivity contribution in [1.82, 2.24) is 5.32 Å². The summed E-state index contributed by atoms with van der Waals surface area (Å²) in [5, 5.41) is 4.49. The highest BCUT2D eigenvalue weighted by Crippen LogP contribution is 2.36. The average molecular weight is 277 g/mol. The van der Waals surface area contributed by atoms with E-state index in [-0.39, 0.29) is 0 Å². The summed E-state index contributed by atoms with van der Waals surface area (Å²) in [6.07, 6.45) is 2.45. The lowest BCUT2D eigenvalue weighted by Gasteiger charge is -2.22. The van der Waals surface area contributed by atoms with Gasteiger partial charge in [0.2, 0.25) is 0 Å². The third-order valence-corrected chi connectivity index (χ3v) is 5.18. The number of benzene rings is 1. The number of hydrogen-bond acceptors (Lipinski definition) is 2. The van der Waals surface area contributed by atoms with Gasteiger partial charge in [-0.25, -0.2) is 0 Å². The van der Waals surface area contributed by atoms with E-state index < -0.39 is 0 Å². The van der Waals surface area contributed by atoms with E-state index >= 15 is 0 Å². The van der Waals surface area contributed by atoms with Crippen molar-refractivity contribution < 1.29 is 0 Å². The van der Waals surface area contributed by atoms with Crippen molar-refractivity contribution in [2.75, 3.05) is 6.54 Å². The zero-order valence-corrected chi connectivity index (χ0v) is 13.5. The molecule has 0 fully saturated rings. The first-order valence-corrected chi connectivity index (χ1v) is 8.64. The van der Waals surface area contributed by atoms with Gasteiger partial charge in [-0.05, 0) is 42.0 Å². The second-order valence-electron chi connectivity index (χ2n) is 5.98. The second-order valence-corrected chi connectivity index (χ2v) is 7.40. The normalized spacial score (nSPS) is 23.2. The Morgan fingerprint density at radius 3 is 2.84 bits per heavy atom. The molecule has 106 valence electrons. The Bertz CT molecular complexity index is 414. The van der Waals surface area contributed by atoms with Crippen LogP contribution in [-0.2, 0) is 5.75 Å². The van der Waals surface area contributed by atoms with Gasteiger partial charge < -0.3 is 5.32 Å². The van der Waals surface area contributed by atoms with Gasteiger partial charge in [0.25, 0.3) is 0 Å². The zero-order valence-electron chi connectivity index (χ0n) is 12.7. The van der Waals surface area contributed by atoms with Gasteiger partial charge in [-0.2, -0.15) is 11.8 Å². The lowest BCUT2D eigenvalue weighted by Crippen LogP contribution is -2.24. The molecular formula is C17H27NS. The molecule has 0 amide bonds. The molecule has 19 heavy (non-hydrogen) atoms. The predicted molar refractivity (Wildman–Crippen MR) is 86.9 cm³/mol. The molecule has 2 rings (SSSR count). The van der Waals surface area contributed by atoms with Crippen molar-refractivity contribution in [2.24, 2.45) is 0 Å². The van der Waals surface area contributed by atoms with Crippen LogP contribution in [0.4, 0.5) is 0 Å². The van der Waals surface area contributed by atoms with E-state index in [1.54, 1.807) is 5.56 Å². The molecule has 1 N–H and O–H groups in total. The van der Waals surface area contributed by atoms with Crippen LogP contribution in [0.25, 0.3) is 0 Å². The molecule has 0 aromatic heterocycles. The Hall–Kier alpha value is -0.470. The molecule has 0 saturated heterocycles. The van der Waals surface area contributed by atoms with Crippen LogP contribution in [0.3, 0.4) is 0 Å². The Balaban J connectivity index is 2.31. The SMILES string of the molecule is CCCNC1CC(C)SCc2ccc(C(C)C)cc21. The molecule has 1 aliphatic heterocycles. The minimum atomic E-state index is 0.540. The van der Waals surface area contributed by atoms with Gasteiger partial charge in [0.05, 0.1) is 0 Å². The molecule has 0 radical (unpaired) electrons. The van der Waals surface area contributed by atoms with Crippen molar-refractivity contribution in [3.05, 3.63) is 34.9 Å². The molecule has 2 unspecified atom stereocenters. The first-order valence-electron chi connectivity index (χ1n) is 7.59. The molecule has 0 bridgehead atoms. The van der Waals surface area contributed by atoms with Crippen molar-refractivity contribution in [3.8, 4) is 0 Å². The van der Waals surface area contributed by atoms with Crippen LogP contribution in [-0.4, -0.2) is 11.8 Å². The Labute approximate surface area is 122 Å². The highest BCUT2D eigenvalue weighted by molar-refractivity contribution is 7.99. The van der Waals surface area contributed by atoms with Crippen molar-refractivity contribution in [2.45, 2.75) is 63.5 Å². The van der Waals surface area contributed by atoms with Crippen LogP contribution in [0.15, 0.2) is 18.2 Å². The van der Waals surface area contributed by atoms with Crippen LogP contribution < -0.4 is 5.32 Å². The van der Waals surface area contributed by atoms with Gasteiger partial charge in [-0.3, -0.25) is 0 Å². The molecule has 1 aliphatic rings. The molecule has 0 saturated carbocycles. The first kappa shape index (κ1) is 14.9. The zero-order chi connectivity index (χ0) is 13.8. The largest absolute Gasteiger partial charge is 0.310 e. The van der Waals surface area contributed by atoms with E-state index in [1.807, 2.05) is 0 Å². The fraction of sp³-hybridized carbons (Fsp3) is 0.647. The van der Waals surface area contributed by atoms with Crippen LogP contribution in [0.5, 0.6) is 0 Å². The molecule has 0 aliphatic carbocycles. The monoisotopic (exact) mass is 277 g/mol. The molecular weight excluding hydrogens is 250 g/mol. The average Bonchev–Trinajstić information content (AvgIpc) is 2.55. The van der Waals surface area contributed by atoms with Gasteiger partial charge in [0, 0.05) is 17.0 Å². The summed E-state index contributed by atoms with van der Waals surface area (Å²) in [7, 11) is 0. The van der Waals surface area contributed by atoms with Crippen LogP contribution in [0.2, 0.25) is 0 Å². The van der Waals surface area contributed by atoms with Crippen molar-refractivity contribution in [3.63, 3.8) is 0 Å². The Kier molecular flexibility index (Phi) is 5.35. The predicted octanol–water partition coefficient (Wildman–Crippen LogP) is 4.88. The second kappa shape index (κ2) is 6.81. The van der Waals surface area contributed by atoms with Crippen molar-refractivity contribution in [1.29, 1.82) is 0 Å². The van der Waals surface area contributed by atoms with Gasteiger partial charge in [0.15, 0.2) is 0 Å². The number of thioether (sulfide) groups is 1. The smallest absolute Gasteiger partial charge is 0.0333 e. The molecule has 2 heteroatoms. The summed E-state index contributed by atoms with van der Waals surface area (Å²) in [4.78, 5) is 0. The minimum Gasteiger partial charge on any atom is -0.310 e. The lowest BCUT2D eigenvalue weighted by atomic mass is 9.92. The summed E-state index contributed by atoms with van der Waals surface area (Å²) in [6.45, 7) is 10.3. The number of rotatable bonds is 4. The van der Waals surface area contributed by atoms with Gasteiger partial charge in [0.1, 0.15) is 0 Å². The summed E-state index contributed by atoms with van der Waals surface area (Å²) in [5.41, 5.74) is 4.56. The highest BCUT2D eigenvalue weighted by Gasteiger charge is 2.22. The van der Waals surface area contributed by atoms with E-state index in [0.29, 0.717) is 12.0 Å². The molecule has 1 nitrogen and oxygen atoms in total. The Morgan fingerprint density at radius 2 is 2.16 bits per heavy atom. The van der Waals surface area contributed by atoms with Crippen LogP contribution in [0.1, 0.15) is 69.2 Å². The third-order valence-electron chi connectivity index (χ3n) is 3.94. The van der Waals surface area contributed by atoms with Crippen molar-refractivity contribution >= 4 is 11.8 Å². The van der Waals surface area contributed by atoms with Crippen LogP contribution in [0, 0.1) is 0 Å². The van der Waals surface area contributed by atoms with Gasteiger partial charge in [-0.1, -0.05) is 45.9 Å². The number of hydrogen-bond donors (Lipinski definition) is 1. The quantitative estimate of drug-likeness (QED) is 0.842. The number of fused-ring (bicyclic) bond motifs is 1. The molecule has 1 aromatic carbocycles. The summed E-state index contributed by atoms with van der Waals surface area (Å²) in [6, 6.07) is 7.66. The fourth-order valence-electron chi connectivity index (χ4n) is 2.70. The van der Waals surface area contributed by atoms with Gasteiger partial charge in [-0.15, -0.1) is 0 Å². The summed E-state index contributed by atoms with van der Waals surface area (Å²) >= 11 is 2.09. The summed E-state index contributed by atoms with van der Waals surface area (Å²) in [5.74, 6) is 1.78. The topological polar surface area (TPSA) is 12.0 Å². The lowest BCUT2D eigenvalue weighted by molar-refractivity contribution is 0.499. The molecule has 1 heterocycles. The maximum absolute atomic E-state index is 3.75. The van der Waals surface area contributed by atoms with Crippen LogP contribution >= 0.6 is 11.8 Å². The standard InChI is InChI=1S/C17H27NS/c1-5-8-18-17-9-13(4)19-11-15-7-6-14(12(2)3)10-16(15)17/h6-7,10,12-13,17-18H,5,8-9,11H2,1-4H3. The van der Waals surface area contributed by atoms with E-state index in [1.165, 1.54) is 29.7 Å². The molecule has 2 atom stereocenters. The maximum atomic E-state index is 3.75. The molecule has 1 aromatic rings. The Morgan fingerprint density at radius 1 is 1.37 bits per heavy atom. The van der Waals surface area contributed by atoms with E-state index in [4.69, 9.17) is 0 Å². The molecule has 0 spiro atoms. The van der Waals surface area contributed by atoms with E-state index in [9.17, 15) is 0 Å².